The van der Waals surface area contributed by atoms with Crippen LogP contribution in [0.25, 0.3) is 10.1 Å². The molecule has 2 aromatic rings. The van der Waals surface area contributed by atoms with Gasteiger partial charge in [-0.2, -0.15) is 0 Å². The van der Waals surface area contributed by atoms with Crippen molar-refractivity contribution < 1.29 is 9.90 Å². The number of rotatable bonds is 1. The first kappa shape index (κ1) is 9.72. The van der Waals surface area contributed by atoms with Crippen molar-refractivity contribution in [3.63, 3.8) is 0 Å². The van der Waals surface area contributed by atoms with Gasteiger partial charge >= 0.3 is 5.97 Å². The summed E-state index contributed by atoms with van der Waals surface area (Å²) in [7, 11) is 0. The smallest absolute Gasteiger partial charge is 0.338 e. The summed E-state index contributed by atoms with van der Waals surface area (Å²) in [6, 6.07) is 5.34. The third-order valence-electron chi connectivity index (χ3n) is 1.92. The van der Waals surface area contributed by atoms with E-state index < -0.39 is 5.97 Å². The van der Waals surface area contributed by atoms with Gasteiger partial charge in [0.15, 0.2) is 0 Å². The number of nitrogen functional groups attached to an aromatic ring is 1. The number of anilines is 1. The SMILES string of the molecule is Nc1ccc2sc(I)cc2c1C(=O)O. The molecule has 0 aliphatic rings. The summed E-state index contributed by atoms with van der Waals surface area (Å²) in [4.78, 5) is 11.0. The Labute approximate surface area is 97.7 Å². The number of fused-ring (bicyclic) bond motifs is 1. The van der Waals surface area contributed by atoms with Gasteiger partial charge < -0.3 is 10.8 Å². The van der Waals surface area contributed by atoms with E-state index in [0.717, 1.165) is 13.0 Å². The van der Waals surface area contributed by atoms with E-state index in [1.54, 1.807) is 17.4 Å². The van der Waals surface area contributed by atoms with Crippen LogP contribution in [-0.2, 0) is 0 Å². The molecule has 0 radical (unpaired) electrons. The summed E-state index contributed by atoms with van der Waals surface area (Å²) in [5, 5.41) is 9.72. The molecule has 14 heavy (non-hydrogen) atoms. The van der Waals surface area contributed by atoms with Crippen molar-refractivity contribution in [3.8, 4) is 0 Å². The molecule has 0 bridgehead atoms. The fourth-order valence-electron chi connectivity index (χ4n) is 1.34. The molecule has 3 nitrogen and oxygen atoms in total. The molecular formula is C9H6INO2S. The minimum absolute atomic E-state index is 0.210. The van der Waals surface area contributed by atoms with Gasteiger partial charge in [-0.25, -0.2) is 4.79 Å². The Morgan fingerprint density at radius 1 is 1.50 bits per heavy atom. The first-order valence-corrected chi connectivity index (χ1v) is 5.70. The normalized spacial score (nSPS) is 10.6. The van der Waals surface area contributed by atoms with Crippen LogP contribution < -0.4 is 5.73 Å². The minimum atomic E-state index is -0.970. The topological polar surface area (TPSA) is 63.3 Å². The number of thiophene rings is 1. The monoisotopic (exact) mass is 319 g/mol. The number of aromatic carboxylic acids is 1. The minimum Gasteiger partial charge on any atom is -0.478 e. The van der Waals surface area contributed by atoms with Crippen LogP contribution in [0.1, 0.15) is 10.4 Å². The van der Waals surface area contributed by atoms with Crippen LogP contribution in [0.15, 0.2) is 18.2 Å². The summed E-state index contributed by atoms with van der Waals surface area (Å²) in [6.45, 7) is 0. The van der Waals surface area contributed by atoms with Crippen LogP contribution in [-0.4, -0.2) is 11.1 Å². The third kappa shape index (κ3) is 1.46. The Hall–Kier alpha value is -0.820. The predicted molar refractivity (Wildman–Crippen MR) is 65.9 cm³/mol. The van der Waals surface area contributed by atoms with E-state index in [4.69, 9.17) is 10.8 Å². The lowest BCUT2D eigenvalue weighted by molar-refractivity contribution is 0.0700. The number of benzene rings is 1. The second-order valence-electron chi connectivity index (χ2n) is 2.80. The summed E-state index contributed by atoms with van der Waals surface area (Å²) in [5.41, 5.74) is 6.15. The highest BCUT2D eigenvalue weighted by atomic mass is 127. The van der Waals surface area contributed by atoms with Crippen LogP contribution in [0.3, 0.4) is 0 Å². The van der Waals surface area contributed by atoms with Gasteiger partial charge in [0.25, 0.3) is 0 Å². The number of carboxylic acids is 1. The van der Waals surface area contributed by atoms with Gasteiger partial charge in [-0.15, -0.1) is 11.3 Å². The van der Waals surface area contributed by atoms with Crippen LogP contribution >= 0.6 is 33.9 Å². The Balaban J connectivity index is 2.88. The van der Waals surface area contributed by atoms with Crippen molar-refractivity contribution in [1.82, 2.24) is 0 Å². The molecule has 2 rings (SSSR count). The van der Waals surface area contributed by atoms with Crippen LogP contribution in [0, 0.1) is 2.88 Å². The van der Waals surface area contributed by atoms with E-state index >= 15 is 0 Å². The molecule has 0 spiro atoms. The van der Waals surface area contributed by atoms with Gasteiger partial charge in [0, 0.05) is 15.8 Å². The second-order valence-corrected chi connectivity index (χ2v) is 5.78. The van der Waals surface area contributed by atoms with E-state index in [-0.39, 0.29) is 5.56 Å². The molecule has 1 aromatic carbocycles. The molecule has 1 aromatic heterocycles. The Morgan fingerprint density at radius 2 is 2.21 bits per heavy atom. The van der Waals surface area contributed by atoms with Crippen molar-refractivity contribution >= 4 is 55.7 Å². The highest BCUT2D eigenvalue weighted by Crippen LogP contribution is 2.32. The number of halogens is 1. The first-order chi connectivity index (χ1) is 6.59. The lowest BCUT2D eigenvalue weighted by Crippen LogP contribution is -2.02. The number of hydrogen-bond acceptors (Lipinski definition) is 3. The predicted octanol–water partition coefficient (Wildman–Crippen LogP) is 2.79. The van der Waals surface area contributed by atoms with Crippen LogP contribution in [0.4, 0.5) is 5.69 Å². The average molecular weight is 319 g/mol. The van der Waals surface area contributed by atoms with Gasteiger partial charge in [-0.05, 0) is 40.8 Å². The highest BCUT2D eigenvalue weighted by molar-refractivity contribution is 14.1. The fraction of sp³-hybridized carbons (Fsp3) is 0. The molecule has 3 N–H and O–H groups in total. The summed E-state index contributed by atoms with van der Waals surface area (Å²) in [5.74, 6) is -0.970. The molecule has 1 heterocycles. The van der Waals surface area contributed by atoms with Gasteiger partial charge in [0.05, 0.1) is 8.45 Å². The Kier molecular flexibility index (Phi) is 2.36. The summed E-state index contributed by atoms with van der Waals surface area (Å²) < 4.78 is 2.02. The van der Waals surface area contributed by atoms with Gasteiger partial charge in [0.1, 0.15) is 0 Å². The van der Waals surface area contributed by atoms with Crippen molar-refractivity contribution in [2.75, 3.05) is 5.73 Å². The molecule has 5 heteroatoms. The lowest BCUT2D eigenvalue weighted by atomic mass is 10.1. The largest absolute Gasteiger partial charge is 0.478 e. The third-order valence-corrected chi connectivity index (χ3v) is 3.78. The zero-order valence-electron chi connectivity index (χ0n) is 6.95. The molecular weight excluding hydrogens is 313 g/mol. The lowest BCUT2D eigenvalue weighted by Gasteiger charge is -2.00. The molecule has 0 saturated carbocycles. The van der Waals surface area contributed by atoms with E-state index in [1.165, 1.54) is 0 Å². The second kappa shape index (κ2) is 3.39. The first-order valence-electron chi connectivity index (χ1n) is 3.80. The van der Waals surface area contributed by atoms with E-state index in [9.17, 15) is 4.79 Å². The van der Waals surface area contributed by atoms with Gasteiger partial charge in [-0.3, -0.25) is 0 Å². The number of carbonyl (C=O) groups is 1. The number of hydrogen-bond donors (Lipinski definition) is 2. The van der Waals surface area contributed by atoms with E-state index in [2.05, 4.69) is 22.6 Å². The van der Waals surface area contributed by atoms with E-state index in [0.29, 0.717) is 5.69 Å². The maximum Gasteiger partial charge on any atom is 0.338 e. The molecule has 0 aliphatic heterocycles. The molecule has 0 unspecified atom stereocenters. The summed E-state index contributed by atoms with van der Waals surface area (Å²) >= 11 is 3.73. The molecule has 0 saturated heterocycles. The summed E-state index contributed by atoms with van der Waals surface area (Å²) in [6.07, 6.45) is 0. The van der Waals surface area contributed by atoms with Crippen molar-refractivity contribution in [1.29, 1.82) is 0 Å². The molecule has 0 atom stereocenters. The Bertz CT molecular complexity index is 521. The molecule has 72 valence electrons. The quantitative estimate of drug-likeness (QED) is 0.627. The Morgan fingerprint density at radius 3 is 2.86 bits per heavy atom. The number of nitrogens with two attached hydrogens (primary N) is 1. The average Bonchev–Trinajstić information content (AvgIpc) is 2.43. The fourth-order valence-corrected chi connectivity index (χ4v) is 3.15. The molecule has 0 aliphatic carbocycles. The van der Waals surface area contributed by atoms with Crippen LogP contribution in [0.2, 0.25) is 0 Å². The highest BCUT2D eigenvalue weighted by Gasteiger charge is 2.14. The van der Waals surface area contributed by atoms with Crippen molar-refractivity contribution in [3.05, 3.63) is 26.6 Å². The maximum atomic E-state index is 11.0. The van der Waals surface area contributed by atoms with Crippen molar-refractivity contribution in [2.24, 2.45) is 0 Å². The zero-order valence-corrected chi connectivity index (χ0v) is 9.93. The van der Waals surface area contributed by atoms with Crippen molar-refractivity contribution in [2.45, 2.75) is 0 Å². The molecule has 0 amide bonds. The van der Waals surface area contributed by atoms with Gasteiger partial charge in [-0.1, -0.05) is 0 Å². The maximum absolute atomic E-state index is 11.0. The zero-order chi connectivity index (χ0) is 10.3. The molecule has 0 fully saturated rings. The van der Waals surface area contributed by atoms with E-state index in [1.807, 2.05) is 12.1 Å². The van der Waals surface area contributed by atoms with Crippen LogP contribution in [0.5, 0.6) is 0 Å². The van der Waals surface area contributed by atoms with Gasteiger partial charge in [0.2, 0.25) is 0 Å². The standard InChI is InChI=1S/C9H6INO2S/c10-7-3-4-6(14-7)2-1-5(11)8(4)9(12)13/h1-3H,11H2,(H,12,13). The number of carboxylic acid groups (broad SMARTS) is 1.